The molecule has 0 bridgehead atoms. The molecule has 0 aromatic heterocycles. The van der Waals surface area contributed by atoms with Crippen molar-refractivity contribution in [2.75, 3.05) is 19.8 Å². The molecule has 4 heteroatoms. The standard InChI is InChI=1S/C19H25NO3/c1-3-22-18-10-7-16(13-19(18)23-4-2)14-20-12-11-15-5-8-17(21)9-6-15/h5-10,13,20-21H,3-4,11-12,14H2,1-2H3. The van der Waals surface area contributed by atoms with E-state index in [4.69, 9.17) is 9.47 Å². The van der Waals surface area contributed by atoms with Crippen molar-refractivity contribution < 1.29 is 14.6 Å². The molecule has 2 aromatic carbocycles. The molecule has 4 nitrogen and oxygen atoms in total. The largest absolute Gasteiger partial charge is 0.508 e. The fourth-order valence-corrected chi connectivity index (χ4v) is 2.33. The number of benzene rings is 2. The third-order valence-electron chi connectivity index (χ3n) is 3.46. The van der Waals surface area contributed by atoms with Crippen molar-refractivity contribution in [1.82, 2.24) is 5.32 Å². The highest BCUT2D eigenvalue weighted by atomic mass is 16.5. The summed E-state index contributed by atoms with van der Waals surface area (Å²) in [6, 6.07) is 13.4. The maximum atomic E-state index is 9.27. The van der Waals surface area contributed by atoms with Crippen LogP contribution in [0.2, 0.25) is 0 Å². The molecule has 0 atom stereocenters. The van der Waals surface area contributed by atoms with Crippen molar-refractivity contribution in [3.8, 4) is 17.2 Å². The third kappa shape index (κ3) is 5.49. The smallest absolute Gasteiger partial charge is 0.161 e. The maximum absolute atomic E-state index is 9.27. The van der Waals surface area contributed by atoms with Gasteiger partial charge in [0.25, 0.3) is 0 Å². The van der Waals surface area contributed by atoms with Crippen molar-refractivity contribution in [3.63, 3.8) is 0 Å². The fraction of sp³-hybridized carbons (Fsp3) is 0.368. The second-order valence-electron chi connectivity index (χ2n) is 5.24. The molecule has 0 heterocycles. The van der Waals surface area contributed by atoms with E-state index in [2.05, 4.69) is 11.4 Å². The highest BCUT2D eigenvalue weighted by Gasteiger charge is 2.06. The van der Waals surface area contributed by atoms with Gasteiger partial charge in [-0.1, -0.05) is 18.2 Å². The highest BCUT2D eigenvalue weighted by molar-refractivity contribution is 5.43. The van der Waals surface area contributed by atoms with Crippen molar-refractivity contribution in [2.45, 2.75) is 26.8 Å². The molecule has 0 saturated carbocycles. The van der Waals surface area contributed by atoms with Crippen molar-refractivity contribution >= 4 is 0 Å². The summed E-state index contributed by atoms with van der Waals surface area (Å²) >= 11 is 0. The summed E-state index contributed by atoms with van der Waals surface area (Å²) in [6.07, 6.45) is 0.926. The van der Waals surface area contributed by atoms with Gasteiger partial charge in [0.05, 0.1) is 13.2 Å². The normalized spacial score (nSPS) is 10.5. The van der Waals surface area contributed by atoms with Gasteiger partial charge < -0.3 is 19.9 Å². The van der Waals surface area contributed by atoms with E-state index >= 15 is 0 Å². The summed E-state index contributed by atoms with van der Waals surface area (Å²) in [7, 11) is 0. The minimum Gasteiger partial charge on any atom is -0.508 e. The third-order valence-corrected chi connectivity index (χ3v) is 3.46. The zero-order valence-electron chi connectivity index (χ0n) is 13.8. The van der Waals surface area contributed by atoms with E-state index in [1.165, 1.54) is 11.1 Å². The molecule has 2 aromatic rings. The molecule has 2 N–H and O–H groups in total. The Bertz CT molecular complexity index is 596. The second-order valence-corrected chi connectivity index (χ2v) is 5.24. The Labute approximate surface area is 138 Å². The van der Waals surface area contributed by atoms with Crippen molar-refractivity contribution in [1.29, 1.82) is 0 Å². The maximum Gasteiger partial charge on any atom is 0.161 e. The Morgan fingerprint density at radius 3 is 2.22 bits per heavy atom. The molecule has 0 unspecified atom stereocenters. The van der Waals surface area contributed by atoms with E-state index in [1.54, 1.807) is 12.1 Å². The number of phenolic OH excluding ortho intramolecular Hbond substituents is 1. The molecule has 0 amide bonds. The number of phenols is 1. The van der Waals surface area contributed by atoms with Gasteiger partial charge in [-0.2, -0.15) is 0 Å². The molecule has 0 fully saturated rings. The van der Waals surface area contributed by atoms with Crippen LogP contribution in [0.3, 0.4) is 0 Å². The average molecular weight is 315 g/mol. The number of aromatic hydroxyl groups is 1. The molecule has 124 valence electrons. The number of hydrogen-bond acceptors (Lipinski definition) is 4. The molecule has 0 radical (unpaired) electrons. The molecular weight excluding hydrogens is 290 g/mol. The summed E-state index contributed by atoms with van der Waals surface area (Å²) in [5, 5.41) is 12.7. The average Bonchev–Trinajstić information content (AvgIpc) is 2.56. The predicted octanol–water partition coefficient (Wildman–Crippen LogP) is 3.52. The molecule has 0 aliphatic heterocycles. The zero-order chi connectivity index (χ0) is 16.5. The summed E-state index contributed by atoms with van der Waals surface area (Å²) in [4.78, 5) is 0. The summed E-state index contributed by atoms with van der Waals surface area (Å²) in [6.45, 7) is 6.85. The van der Waals surface area contributed by atoms with Crippen molar-refractivity contribution in [3.05, 3.63) is 53.6 Å². The lowest BCUT2D eigenvalue weighted by Gasteiger charge is -2.13. The van der Waals surface area contributed by atoms with Gasteiger partial charge >= 0.3 is 0 Å². The molecule has 0 saturated heterocycles. The Balaban J connectivity index is 1.85. The van der Waals surface area contributed by atoms with Gasteiger partial charge in [0, 0.05) is 6.54 Å². The summed E-state index contributed by atoms with van der Waals surface area (Å²) < 4.78 is 11.2. The monoisotopic (exact) mass is 315 g/mol. The predicted molar refractivity (Wildman–Crippen MR) is 92.3 cm³/mol. The van der Waals surface area contributed by atoms with E-state index in [0.29, 0.717) is 19.0 Å². The minimum atomic E-state index is 0.305. The lowest BCUT2D eigenvalue weighted by atomic mass is 10.1. The fourth-order valence-electron chi connectivity index (χ4n) is 2.33. The number of rotatable bonds is 9. The van der Waals surface area contributed by atoms with Crippen LogP contribution < -0.4 is 14.8 Å². The number of nitrogens with one attached hydrogen (secondary N) is 1. The Hall–Kier alpha value is -2.20. The molecule has 0 aliphatic carbocycles. The van der Waals surface area contributed by atoms with Gasteiger partial charge in [0.15, 0.2) is 11.5 Å². The molecule has 0 spiro atoms. The van der Waals surface area contributed by atoms with Crippen LogP contribution in [0.1, 0.15) is 25.0 Å². The van der Waals surface area contributed by atoms with E-state index in [0.717, 1.165) is 31.0 Å². The van der Waals surface area contributed by atoms with Gasteiger partial charge in [-0.15, -0.1) is 0 Å². The van der Waals surface area contributed by atoms with E-state index in [9.17, 15) is 5.11 Å². The quantitative estimate of drug-likeness (QED) is 0.695. The van der Waals surface area contributed by atoms with Gasteiger partial charge in [-0.3, -0.25) is 0 Å². The van der Waals surface area contributed by atoms with Crippen LogP contribution in [0.25, 0.3) is 0 Å². The first-order chi connectivity index (χ1) is 11.2. The Morgan fingerprint density at radius 1 is 0.870 bits per heavy atom. The van der Waals surface area contributed by atoms with E-state index in [1.807, 2.05) is 38.1 Å². The molecular formula is C19H25NO3. The lowest BCUT2D eigenvalue weighted by Crippen LogP contribution is -2.16. The van der Waals surface area contributed by atoms with Gasteiger partial charge in [-0.25, -0.2) is 0 Å². The first-order valence-corrected chi connectivity index (χ1v) is 8.10. The Kier molecular flexibility index (Phi) is 6.76. The topological polar surface area (TPSA) is 50.7 Å². The van der Waals surface area contributed by atoms with Crippen LogP contribution in [-0.2, 0) is 13.0 Å². The van der Waals surface area contributed by atoms with E-state index < -0.39 is 0 Å². The van der Waals surface area contributed by atoms with Gasteiger partial charge in [0.1, 0.15) is 5.75 Å². The zero-order valence-corrected chi connectivity index (χ0v) is 13.8. The van der Waals surface area contributed by atoms with Gasteiger partial charge in [-0.05, 0) is 62.2 Å². The Morgan fingerprint density at radius 2 is 1.52 bits per heavy atom. The summed E-state index contributed by atoms with van der Waals surface area (Å²) in [5.41, 5.74) is 2.37. The number of hydrogen-bond donors (Lipinski definition) is 2. The molecule has 2 rings (SSSR count). The highest BCUT2D eigenvalue weighted by Crippen LogP contribution is 2.28. The van der Waals surface area contributed by atoms with Crippen LogP contribution in [0.4, 0.5) is 0 Å². The van der Waals surface area contributed by atoms with Crippen LogP contribution in [-0.4, -0.2) is 24.9 Å². The van der Waals surface area contributed by atoms with Crippen LogP contribution in [0.5, 0.6) is 17.2 Å². The summed E-state index contributed by atoms with van der Waals surface area (Å²) in [5.74, 6) is 1.90. The first-order valence-electron chi connectivity index (χ1n) is 8.10. The molecule has 23 heavy (non-hydrogen) atoms. The SMILES string of the molecule is CCOc1ccc(CNCCc2ccc(O)cc2)cc1OCC. The minimum absolute atomic E-state index is 0.305. The van der Waals surface area contributed by atoms with Crippen LogP contribution >= 0.6 is 0 Å². The number of ether oxygens (including phenoxy) is 2. The van der Waals surface area contributed by atoms with E-state index in [-0.39, 0.29) is 0 Å². The van der Waals surface area contributed by atoms with Crippen molar-refractivity contribution in [2.24, 2.45) is 0 Å². The second kappa shape index (κ2) is 9.06. The van der Waals surface area contributed by atoms with Crippen LogP contribution in [0, 0.1) is 0 Å². The first kappa shape index (κ1) is 17.2. The van der Waals surface area contributed by atoms with Gasteiger partial charge in [0.2, 0.25) is 0 Å². The molecule has 0 aliphatic rings. The lowest BCUT2D eigenvalue weighted by molar-refractivity contribution is 0.287. The van der Waals surface area contributed by atoms with Crippen LogP contribution in [0.15, 0.2) is 42.5 Å².